The third-order valence-electron chi connectivity index (χ3n) is 3.67. The Labute approximate surface area is 155 Å². The molecule has 1 aromatic carbocycles. The Morgan fingerprint density at radius 1 is 1.08 bits per heavy atom. The van der Waals surface area contributed by atoms with E-state index >= 15 is 0 Å². The second kappa shape index (κ2) is 9.13. The van der Waals surface area contributed by atoms with Crippen LogP contribution in [-0.4, -0.2) is 18.3 Å². The zero-order valence-corrected chi connectivity index (χ0v) is 14.7. The fourth-order valence-corrected chi connectivity index (χ4v) is 2.65. The van der Waals surface area contributed by atoms with E-state index in [2.05, 4.69) is 36.5 Å². The number of hydrogen-bond acceptors (Lipinski definition) is 4. The average molecular weight is 343 g/mol. The van der Waals surface area contributed by atoms with Gasteiger partial charge >= 0.3 is 6.98 Å². The Bertz CT molecular complexity index is 834. The lowest BCUT2D eigenvalue weighted by molar-refractivity contribution is 0.475. The van der Waals surface area contributed by atoms with Crippen LogP contribution in [0.3, 0.4) is 0 Å². The zero-order valence-electron chi connectivity index (χ0n) is 14.7. The number of anilines is 2. The summed E-state index contributed by atoms with van der Waals surface area (Å²) < 4.78 is 0. The van der Waals surface area contributed by atoms with E-state index in [1.54, 1.807) is 48.7 Å². The lowest BCUT2D eigenvalue weighted by Gasteiger charge is -2.25. The number of aliphatic imine (C=N–C) groups is 1. The van der Waals surface area contributed by atoms with Crippen molar-refractivity contribution < 1.29 is 5.11 Å². The number of rotatable bonds is 8. The first-order chi connectivity index (χ1) is 12.7. The predicted molar refractivity (Wildman–Crippen MR) is 115 cm³/mol. The maximum atomic E-state index is 9.96. The summed E-state index contributed by atoms with van der Waals surface area (Å²) in [5.74, 6) is 0.835. The van der Waals surface area contributed by atoms with Crippen molar-refractivity contribution in [1.82, 2.24) is 0 Å². The molecule has 0 radical (unpaired) electrons. The van der Waals surface area contributed by atoms with Gasteiger partial charge in [-0.15, -0.1) is 0 Å². The first-order valence-corrected chi connectivity index (χ1v) is 8.14. The molecule has 0 amide bonds. The Hall–Kier alpha value is -3.47. The quantitative estimate of drug-likeness (QED) is 0.309. The molecule has 0 aromatic heterocycles. The highest BCUT2D eigenvalue weighted by Gasteiger charge is 2.37. The molecule has 0 atom stereocenters. The van der Waals surface area contributed by atoms with Crippen LogP contribution in [0, 0.1) is 0 Å². The summed E-state index contributed by atoms with van der Waals surface area (Å²) in [6.45, 7) is 14.7. The van der Waals surface area contributed by atoms with E-state index in [1.165, 1.54) is 0 Å². The molecule has 26 heavy (non-hydrogen) atoms. The molecule has 1 heterocycles. The molecule has 0 bridgehead atoms. The normalized spacial score (nSPS) is 14.5. The molecule has 0 saturated heterocycles. The predicted octanol–water partition coefficient (Wildman–Crippen LogP) is 4.79. The van der Waals surface area contributed by atoms with Gasteiger partial charge in [-0.1, -0.05) is 68.8 Å². The number of hydrogen-bond donors (Lipinski definition) is 2. The van der Waals surface area contributed by atoms with Crippen molar-refractivity contribution in [2.24, 2.45) is 4.99 Å². The van der Waals surface area contributed by atoms with Crippen molar-refractivity contribution in [3.05, 3.63) is 104 Å². The molecular formula is C21H22BN3O. The van der Waals surface area contributed by atoms with Gasteiger partial charge in [0.15, 0.2) is 0 Å². The van der Waals surface area contributed by atoms with Crippen molar-refractivity contribution in [3.8, 4) is 5.75 Å². The first-order valence-electron chi connectivity index (χ1n) is 8.14. The lowest BCUT2D eigenvalue weighted by atomic mass is 9.65. The van der Waals surface area contributed by atoms with Gasteiger partial charge in [0.2, 0.25) is 0 Å². The zero-order chi connectivity index (χ0) is 18.9. The smallest absolute Gasteiger partial charge is 0.414 e. The number of phenolic OH excluding ortho intramolecular Hbond substituents is 1. The van der Waals surface area contributed by atoms with Crippen LogP contribution in [0.1, 0.15) is 0 Å². The summed E-state index contributed by atoms with van der Waals surface area (Å²) in [4.78, 5) is 6.45. The van der Waals surface area contributed by atoms with Crippen molar-refractivity contribution in [2.45, 2.75) is 0 Å². The maximum absolute atomic E-state index is 9.96. The van der Waals surface area contributed by atoms with Gasteiger partial charge in [-0.3, -0.25) is 0 Å². The van der Waals surface area contributed by atoms with Gasteiger partial charge in [0.05, 0.1) is 5.69 Å². The summed E-state index contributed by atoms with van der Waals surface area (Å²) in [7, 11) is 0. The fraction of sp³-hybridized carbons (Fsp3) is 0. The van der Waals surface area contributed by atoms with E-state index in [0.29, 0.717) is 5.82 Å². The summed E-state index contributed by atoms with van der Waals surface area (Å²) in [6, 6.07) is 5.18. The van der Waals surface area contributed by atoms with Gasteiger partial charge in [-0.05, 0) is 23.7 Å². The summed E-state index contributed by atoms with van der Waals surface area (Å²) in [5, 5.41) is 13.4. The molecule has 1 aliphatic heterocycles. The fourth-order valence-electron chi connectivity index (χ4n) is 2.65. The van der Waals surface area contributed by atoms with Gasteiger partial charge in [0.1, 0.15) is 11.6 Å². The maximum Gasteiger partial charge on any atom is 0.414 e. The Morgan fingerprint density at radius 3 is 2.50 bits per heavy atom. The molecule has 1 aromatic rings. The van der Waals surface area contributed by atoms with E-state index in [0.717, 1.165) is 16.8 Å². The monoisotopic (exact) mass is 343 g/mol. The van der Waals surface area contributed by atoms with Crippen molar-refractivity contribution >= 4 is 24.6 Å². The number of phenols is 1. The summed E-state index contributed by atoms with van der Waals surface area (Å²) in [6.07, 6.45) is 15.9. The minimum absolute atomic E-state index is 0.178. The molecule has 4 nitrogen and oxygen atoms in total. The standard InChI is InChI=1S/C21H22BN3O/c1-5-9-12-17(10-6-2)22-24-19-14-13-18(26)16-20(19)25(22)21(11-7-3)23-15-8-4/h5-16,24,26H,1-4H2/b12-9-,17-10+,21-11+,23-15?. The van der Waals surface area contributed by atoms with Crippen LogP contribution < -0.4 is 10.0 Å². The number of nitrogens with one attached hydrogen (secondary N) is 1. The Kier molecular flexibility index (Phi) is 6.63. The molecule has 2 rings (SSSR count). The van der Waals surface area contributed by atoms with E-state index in [-0.39, 0.29) is 12.7 Å². The van der Waals surface area contributed by atoms with Crippen LogP contribution in [0.2, 0.25) is 0 Å². The van der Waals surface area contributed by atoms with Gasteiger partial charge in [-0.25, -0.2) is 4.99 Å². The minimum atomic E-state index is -0.242. The van der Waals surface area contributed by atoms with Gasteiger partial charge in [-0.2, -0.15) is 0 Å². The molecule has 0 fully saturated rings. The highest BCUT2D eigenvalue weighted by atomic mass is 16.3. The molecule has 0 aliphatic carbocycles. The van der Waals surface area contributed by atoms with Crippen molar-refractivity contribution in [3.63, 3.8) is 0 Å². The molecule has 1 aliphatic rings. The molecule has 5 heteroatoms. The van der Waals surface area contributed by atoms with Crippen molar-refractivity contribution in [2.75, 3.05) is 10.0 Å². The van der Waals surface area contributed by atoms with E-state index in [4.69, 9.17) is 0 Å². The first kappa shape index (κ1) is 18.9. The van der Waals surface area contributed by atoms with Crippen LogP contribution in [-0.2, 0) is 0 Å². The molecule has 0 spiro atoms. The van der Waals surface area contributed by atoms with Crippen LogP contribution in [0.4, 0.5) is 11.4 Å². The van der Waals surface area contributed by atoms with Crippen LogP contribution in [0.15, 0.2) is 109 Å². The van der Waals surface area contributed by atoms with E-state index in [9.17, 15) is 5.11 Å². The van der Waals surface area contributed by atoms with Crippen molar-refractivity contribution in [1.29, 1.82) is 0 Å². The summed E-state index contributed by atoms with van der Waals surface area (Å²) >= 11 is 0. The topological polar surface area (TPSA) is 47.9 Å². The van der Waals surface area contributed by atoms with Crippen LogP contribution >= 0.6 is 0 Å². The molecule has 0 unspecified atom stereocenters. The van der Waals surface area contributed by atoms with Gasteiger partial charge in [0.25, 0.3) is 0 Å². The number of allylic oxidation sites excluding steroid dienone is 9. The third kappa shape index (κ3) is 4.13. The molecule has 130 valence electrons. The number of aromatic hydroxyl groups is 1. The van der Waals surface area contributed by atoms with E-state index in [1.807, 2.05) is 29.1 Å². The van der Waals surface area contributed by atoms with Crippen LogP contribution in [0.5, 0.6) is 5.75 Å². The van der Waals surface area contributed by atoms with Gasteiger partial charge in [0, 0.05) is 18.0 Å². The minimum Gasteiger partial charge on any atom is -0.508 e. The Morgan fingerprint density at radius 2 is 1.85 bits per heavy atom. The largest absolute Gasteiger partial charge is 0.508 e. The second-order valence-corrected chi connectivity index (χ2v) is 5.39. The Balaban J connectivity index is 2.63. The lowest BCUT2D eigenvalue weighted by Crippen LogP contribution is -2.41. The third-order valence-corrected chi connectivity index (χ3v) is 3.67. The molecule has 0 saturated carbocycles. The molecule has 2 N–H and O–H groups in total. The van der Waals surface area contributed by atoms with Crippen LogP contribution in [0.25, 0.3) is 0 Å². The summed E-state index contributed by atoms with van der Waals surface area (Å²) in [5.41, 5.74) is 2.66. The highest BCUT2D eigenvalue weighted by molar-refractivity contribution is 6.77. The second-order valence-electron chi connectivity index (χ2n) is 5.39. The number of benzene rings is 1. The van der Waals surface area contributed by atoms with E-state index < -0.39 is 0 Å². The average Bonchev–Trinajstić information content (AvgIpc) is 3.00. The number of nitrogens with zero attached hydrogens (tertiary/aromatic N) is 2. The highest BCUT2D eigenvalue weighted by Crippen LogP contribution is 2.40. The SMILES string of the molecule is C=CC=N/C(=C\C=C)N1B(C(/C=C\C=C)=C/C=C)Nc2ccc(O)cc21. The van der Waals surface area contributed by atoms with Gasteiger partial charge < -0.3 is 15.1 Å². The molecular weight excluding hydrogens is 321 g/mol. The number of fused-ring (bicyclic) bond motifs is 1.